The number of hydrogen-bond donors (Lipinski definition) is 1. The minimum atomic E-state index is 0.615. The first-order valence-corrected chi connectivity index (χ1v) is 7.73. The zero-order valence-electron chi connectivity index (χ0n) is 12.6. The van der Waals surface area contributed by atoms with Crippen molar-refractivity contribution >= 4 is 0 Å². The van der Waals surface area contributed by atoms with Gasteiger partial charge in [0.1, 0.15) is 6.26 Å². The molecule has 0 aliphatic carbocycles. The van der Waals surface area contributed by atoms with Gasteiger partial charge in [-0.3, -0.25) is 4.90 Å². The van der Waals surface area contributed by atoms with Crippen LogP contribution in [0, 0.1) is 0 Å². The standard InChI is InChI=1S/C17H23N3O/c1-20(11-15-9-5-6-10-18-15)12-16-13-21-17(19-16)14-7-3-2-4-8-14/h2-4,7-8,13,15,18H,5-6,9-12H2,1H3. The van der Waals surface area contributed by atoms with E-state index in [1.807, 2.05) is 30.3 Å². The van der Waals surface area contributed by atoms with Crippen molar-refractivity contribution < 1.29 is 4.42 Å². The van der Waals surface area contributed by atoms with Gasteiger partial charge in [-0.05, 0) is 38.6 Å². The predicted octanol–water partition coefficient (Wildman–Crippen LogP) is 2.92. The topological polar surface area (TPSA) is 41.3 Å². The molecule has 4 heteroatoms. The normalized spacial score (nSPS) is 19.0. The van der Waals surface area contributed by atoms with Gasteiger partial charge >= 0.3 is 0 Å². The molecule has 1 saturated heterocycles. The molecule has 21 heavy (non-hydrogen) atoms. The van der Waals surface area contributed by atoms with Crippen molar-refractivity contribution in [1.29, 1.82) is 0 Å². The van der Waals surface area contributed by atoms with Crippen LogP contribution in [0.3, 0.4) is 0 Å². The summed E-state index contributed by atoms with van der Waals surface area (Å²) in [5, 5.41) is 3.58. The fourth-order valence-electron chi connectivity index (χ4n) is 2.89. The van der Waals surface area contributed by atoms with E-state index in [1.54, 1.807) is 6.26 Å². The van der Waals surface area contributed by atoms with Gasteiger partial charge in [-0.1, -0.05) is 24.6 Å². The smallest absolute Gasteiger partial charge is 0.226 e. The third-order valence-corrected chi connectivity index (χ3v) is 3.95. The first kappa shape index (κ1) is 14.3. The van der Waals surface area contributed by atoms with Crippen molar-refractivity contribution in [2.75, 3.05) is 20.1 Å². The molecule has 1 N–H and O–H groups in total. The maximum Gasteiger partial charge on any atom is 0.226 e. The lowest BCUT2D eigenvalue weighted by molar-refractivity contribution is 0.254. The Bertz CT molecular complexity index is 546. The maximum atomic E-state index is 5.59. The fourth-order valence-corrected chi connectivity index (χ4v) is 2.89. The van der Waals surface area contributed by atoms with E-state index >= 15 is 0 Å². The molecule has 2 aromatic rings. The third kappa shape index (κ3) is 3.93. The quantitative estimate of drug-likeness (QED) is 0.917. The molecule has 3 rings (SSSR count). The molecule has 0 amide bonds. The Balaban J connectivity index is 1.56. The molecule has 1 aliphatic heterocycles. The van der Waals surface area contributed by atoms with Crippen molar-refractivity contribution in [2.24, 2.45) is 0 Å². The summed E-state index contributed by atoms with van der Waals surface area (Å²) in [7, 11) is 2.15. The molecule has 1 fully saturated rings. The molecule has 4 nitrogen and oxygen atoms in total. The van der Waals surface area contributed by atoms with Crippen LogP contribution in [0.4, 0.5) is 0 Å². The highest BCUT2D eigenvalue weighted by Gasteiger charge is 2.15. The lowest BCUT2D eigenvalue weighted by atomic mass is 10.0. The number of piperidine rings is 1. The number of hydrogen-bond acceptors (Lipinski definition) is 4. The summed E-state index contributed by atoms with van der Waals surface area (Å²) in [6.45, 7) is 3.04. The molecule has 1 unspecified atom stereocenters. The molecule has 2 heterocycles. The number of benzene rings is 1. The van der Waals surface area contributed by atoms with Crippen LogP contribution in [0.1, 0.15) is 25.0 Å². The number of rotatable bonds is 5. The van der Waals surface area contributed by atoms with E-state index in [2.05, 4.69) is 22.2 Å². The van der Waals surface area contributed by atoms with Crippen LogP contribution >= 0.6 is 0 Å². The highest BCUT2D eigenvalue weighted by Crippen LogP contribution is 2.18. The van der Waals surface area contributed by atoms with E-state index in [9.17, 15) is 0 Å². The number of nitrogens with zero attached hydrogens (tertiary/aromatic N) is 2. The van der Waals surface area contributed by atoms with Crippen molar-refractivity contribution in [1.82, 2.24) is 15.2 Å². The molecule has 0 saturated carbocycles. The van der Waals surface area contributed by atoms with Gasteiger partial charge < -0.3 is 9.73 Å². The van der Waals surface area contributed by atoms with E-state index in [0.717, 1.165) is 30.9 Å². The number of oxazole rings is 1. The molecule has 1 aliphatic rings. The summed E-state index contributed by atoms with van der Waals surface area (Å²) in [5.74, 6) is 0.704. The molecule has 0 bridgehead atoms. The highest BCUT2D eigenvalue weighted by atomic mass is 16.3. The molecular weight excluding hydrogens is 262 g/mol. The highest BCUT2D eigenvalue weighted by molar-refractivity contribution is 5.52. The van der Waals surface area contributed by atoms with Crippen LogP contribution in [0.2, 0.25) is 0 Å². The van der Waals surface area contributed by atoms with Gasteiger partial charge in [-0.15, -0.1) is 0 Å². The van der Waals surface area contributed by atoms with Gasteiger partial charge in [0.05, 0.1) is 5.69 Å². The zero-order valence-corrected chi connectivity index (χ0v) is 12.6. The van der Waals surface area contributed by atoms with Crippen LogP contribution in [0.5, 0.6) is 0 Å². The third-order valence-electron chi connectivity index (χ3n) is 3.95. The van der Waals surface area contributed by atoms with Gasteiger partial charge in [0.15, 0.2) is 0 Å². The van der Waals surface area contributed by atoms with Crippen LogP contribution in [0.25, 0.3) is 11.5 Å². The lowest BCUT2D eigenvalue weighted by Crippen LogP contribution is -2.42. The summed E-state index contributed by atoms with van der Waals surface area (Å²) in [5.41, 5.74) is 2.02. The monoisotopic (exact) mass is 285 g/mol. The summed E-state index contributed by atoms with van der Waals surface area (Å²) in [4.78, 5) is 6.90. The Hall–Kier alpha value is -1.65. The maximum absolute atomic E-state index is 5.59. The minimum Gasteiger partial charge on any atom is -0.444 e. The first-order valence-electron chi connectivity index (χ1n) is 7.73. The van der Waals surface area contributed by atoms with E-state index in [-0.39, 0.29) is 0 Å². The Kier molecular flexibility index (Phi) is 4.68. The number of aromatic nitrogens is 1. The predicted molar refractivity (Wildman–Crippen MR) is 83.9 cm³/mol. The van der Waals surface area contributed by atoms with Gasteiger partial charge in [0, 0.05) is 24.7 Å². The van der Waals surface area contributed by atoms with E-state index < -0.39 is 0 Å². The van der Waals surface area contributed by atoms with Crippen molar-refractivity contribution in [3.63, 3.8) is 0 Å². The lowest BCUT2D eigenvalue weighted by Gasteiger charge is -2.27. The summed E-state index contributed by atoms with van der Waals surface area (Å²) in [6, 6.07) is 10.7. The molecule has 0 radical (unpaired) electrons. The van der Waals surface area contributed by atoms with Crippen molar-refractivity contribution in [3.05, 3.63) is 42.3 Å². The van der Waals surface area contributed by atoms with Crippen LogP contribution in [-0.2, 0) is 6.54 Å². The average Bonchev–Trinajstić information content (AvgIpc) is 2.97. The zero-order chi connectivity index (χ0) is 14.5. The molecule has 112 valence electrons. The van der Waals surface area contributed by atoms with Gasteiger partial charge in [-0.25, -0.2) is 4.98 Å². The fraction of sp³-hybridized carbons (Fsp3) is 0.471. The Morgan fingerprint density at radius 3 is 2.90 bits per heavy atom. The van der Waals surface area contributed by atoms with Crippen LogP contribution in [0.15, 0.2) is 41.0 Å². The second-order valence-electron chi connectivity index (χ2n) is 5.85. The van der Waals surface area contributed by atoms with E-state index in [0.29, 0.717) is 11.9 Å². The van der Waals surface area contributed by atoms with Crippen LogP contribution < -0.4 is 5.32 Å². The molecular formula is C17H23N3O. The first-order chi connectivity index (χ1) is 10.3. The van der Waals surface area contributed by atoms with Crippen molar-refractivity contribution in [3.8, 4) is 11.5 Å². The number of likely N-dealkylation sites (N-methyl/N-ethyl adjacent to an activating group) is 1. The molecule has 0 spiro atoms. The summed E-state index contributed by atoms with van der Waals surface area (Å²) >= 11 is 0. The van der Waals surface area contributed by atoms with E-state index in [4.69, 9.17) is 4.42 Å². The minimum absolute atomic E-state index is 0.615. The summed E-state index contributed by atoms with van der Waals surface area (Å²) < 4.78 is 5.59. The Morgan fingerprint density at radius 2 is 2.14 bits per heavy atom. The molecule has 1 aromatic heterocycles. The second-order valence-corrected chi connectivity index (χ2v) is 5.85. The Morgan fingerprint density at radius 1 is 1.29 bits per heavy atom. The van der Waals surface area contributed by atoms with Gasteiger partial charge in [0.25, 0.3) is 0 Å². The largest absolute Gasteiger partial charge is 0.444 e. The summed E-state index contributed by atoms with van der Waals surface area (Å²) in [6.07, 6.45) is 5.70. The number of nitrogens with one attached hydrogen (secondary N) is 1. The van der Waals surface area contributed by atoms with Gasteiger partial charge in [0.2, 0.25) is 5.89 Å². The Labute approximate surface area is 126 Å². The molecule has 1 atom stereocenters. The SMILES string of the molecule is CN(Cc1coc(-c2ccccc2)n1)CC1CCCCN1. The van der Waals surface area contributed by atoms with Crippen molar-refractivity contribution in [2.45, 2.75) is 31.8 Å². The average molecular weight is 285 g/mol. The molecule has 1 aromatic carbocycles. The second kappa shape index (κ2) is 6.87. The van der Waals surface area contributed by atoms with Crippen LogP contribution in [-0.4, -0.2) is 36.1 Å². The van der Waals surface area contributed by atoms with E-state index in [1.165, 1.54) is 19.3 Å². The van der Waals surface area contributed by atoms with Gasteiger partial charge in [-0.2, -0.15) is 0 Å².